The zero-order valence-corrected chi connectivity index (χ0v) is 24.9. The maximum absolute atomic E-state index is 10.8. The Bertz CT molecular complexity index is 480. The Labute approximate surface area is 237 Å². The van der Waals surface area contributed by atoms with Crippen molar-refractivity contribution in [1.29, 1.82) is 0 Å². The van der Waals surface area contributed by atoms with E-state index in [9.17, 15) is 13.0 Å². The predicted octanol–water partition coefficient (Wildman–Crippen LogP) is 5.09. The summed E-state index contributed by atoms with van der Waals surface area (Å²) >= 11 is 0. The van der Waals surface area contributed by atoms with Crippen LogP contribution in [0.5, 0.6) is 0 Å². The number of allylic oxidation sites excluding steroid dienone is 1. The minimum absolute atomic E-state index is 0. The summed E-state index contributed by atoms with van der Waals surface area (Å²) in [5, 5.41) is 0. The van der Waals surface area contributed by atoms with Gasteiger partial charge in [-0.3, -0.25) is 4.18 Å². The maximum Gasteiger partial charge on any atom is 1.00 e. The summed E-state index contributed by atoms with van der Waals surface area (Å²) < 4.78 is 36.9. The topological polar surface area (TPSA) is 66.4 Å². The molecule has 0 amide bonds. The third-order valence-corrected chi connectivity index (χ3v) is 6.16. The number of rotatable bonds is 23. The summed E-state index contributed by atoms with van der Waals surface area (Å²) in [5.41, 5.74) is 0. The van der Waals surface area contributed by atoms with Gasteiger partial charge in [-0.15, -0.1) is 0 Å². The molecule has 6 heteroatoms. The van der Waals surface area contributed by atoms with E-state index in [0.717, 1.165) is 19.3 Å². The van der Waals surface area contributed by atoms with Crippen molar-refractivity contribution in [3.05, 3.63) is 12.2 Å². The third-order valence-electron chi connectivity index (χ3n) is 5.74. The van der Waals surface area contributed by atoms with E-state index < -0.39 is 10.4 Å². The molecular formula is C25H49KO4S. The molecule has 0 spiro atoms. The van der Waals surface area contributed by atoms with E-state index in [4.69, 9.17) is 0 Å². The molecule has 0 saturated carbocycles. The van der Waals surface area contributed by atoms with Gasteiger partial charge in [0.15, 0.2) is 0 Å². The van der Waals surface area contributed by atoms with Gasteiger partial charge < -0.3 is 4.55 Å². The maximum atomic E-state index is 10.8. The zero-order chi connectivity index (χ0) is 22.3. The van der Waals surface area contributed by atoms with Crippen LogP contribution < -0.4 is 51.4 Å². The summed E-state index contributed by atoms with van der Waals surface area (Å²) in [5.74, 6) is 0.0207. The van der Waals surface area contributed by atoms with Gasteiger partial charge in [0.1, 0.15) is 0 Å². The molecule has 0 fully saturated rings. The number of hydrogen-bond donors (Lipinski definition) is 0. The van der Waals surface area contributed by atoms with E-state index in [0.29, 0.717) is 0 Å². The quantitative estimate of drug-likeness (QED) is 0.0666. The van der Waals surface area contributed by atoms with Crippen LogP contribution in [0.25, 0.3) is 0 Å². The Hall–Kier alpha value is 1.25. The van der Waals surface area contributed by atoms with Crippen LogP contribution in [0, 0.1) is 5.92 Å². The Balaban J connectivity index is 0. The summed E-state index contributed by atoms with van der Waals surface area (Å²) in [4.78, 5) is 0. The Kier molecular flexibility index (Phi) is 28.7. The van der Waals surface area contributed by atoms with Crippen LogP contribution in [0.4, 0.5) is 0 Å². The first kappa shape index (κ1) is 34.4. The summed E-state index contributed by atoms with van der Waals surface area (Å²) in [6.07, 6.45) is 28.0. The van der Waals surface area contributed by atoms with Gasteiger partial charge in [0.2, 0.25) is 10.4 Å². The van der Waals surface area contributed by atoms with Crippen LogP contribution in [0.1, 0.15) is 136 Å². The molecule has 0 N–H and O–H groups in total. The fraction of sp³-hybridized carbons (Fsp3) is 0.920. The molecule has 0 rings (SSSR count). The van der Waals surface area contributed by atoms with Crippen molar-refractivity contribution in [2.75, 3.05) is 6.61 Å². The SMILES string of the molecule is CCCCCCCC/C=C/C(CCCCCCCCCCCCC)COS(=O)(=O)[O-].[K+]. The van der Waals surface area contributed by atoms with Crippen molar-refractivity contribution in [2.45, 2.75) is 136 Å². The van der Waals surface area contributed by atoms with Crippen LogP contribution >= 0.6 is 0 Å². The summed E-state index contributed by atoms with van der Waals surface area (Å²) in [7, 11) is -4.61. The molecule has 0 heterocycles. The van der Waals surface area contributed by atoms with Gasteiger partial charge in [-0.2, -0.15) is 0 Å². The molecule has 0 aliphatic carbocycles. The van der Waals surface area contributed by atoms with Crippen LogP contribution in [-0.2, 0) is 14.6 Å². The van der Waals surface area contributed by atoms with Crippen molar-refractivity contribution in [3.63, 3.8) is 0 Å². The fourth-order valence-electron chi connectivity index (χ4n) is 3.81. The molecule has 0 bridgehead atoms. The summed E-state index contributed by atoms with van der Waals surface area (Å²) in [6, 6.07) is 0. The van der Waals surface area contributed by atoms with Crippen LogP contribution in [-0.4, -0.2) is 19.6 Å². The minimum atomic E-state index is -4.61. The third kappa shape index (κ3) is 29.2. The van der Waals surface area contributed by atoms with Gasteiger partial charge in [0.05, 0.1) is 6.61 Å². The van der Waals surface area contributed by atoms with Gasteiger partial charge in [0.25, 0.3) is 0 Å². The van der Waals surface area contributed by atoms with Gasteiger partial charge in [0, 0.05) is 5.92 Å². The van der Waals surface area contributed by atoms with Gasteiger partial charge in [-0.25, -0.2) is 8.42 Å². The second kappa shape index (κ2) is 25.9. The van der Waals surface area contributed by atoms with Crippen LogP contribution in [0.2, 0.25) is 0 Å². The van der Waals surface area contributed by atoms with E-state index >= 15 is 0 Å². The molecule has 0 aliphatic rings. The molecule has 0 aromatic carbocycles. The van der Waals surface area contributed by atoms with Crippen molar-refractivity contribution in [2.24, 2.45) is 5.92 Å². The van der Waals surface area contributed by atoms with E-state index in [1.165, 1.54) is 103 Å². The Morgan fingerprint density at radius 1 is 0.710 bits per heavy atom. The first-order chi connectivity index (χ1) is 14.5. The van der Waals surface area contributed by atoms with Crippen molar-refractivity contribution >= 4 is 10.4 Å². The Morgan fingerprint density at radius 3 is 1.58 bits per heavy atom. The average Bonchev–Trinajstić information content (AvgIpc) is 2.70. The standard InChI is InChI=1S/C25H50O4S.K/c1-3-5-7-9-11-13-14-15-17-19-21-23-25(24-29-30(26,27)28)22-20-18-16-12-10-8-6-4-2;/h20,22,25H,3-19,21,23-24H2,1-2H3,(H,26,27,28);/q;+1/p-1/b22-20+;. The Morgan fingerprint density at radius 2 is 1.13 bits per heavy atom. The van der Waals surface area contributed by atoms with E-state index in [-0.39, 0.29) is 63.9 Å². The average molecular weight is 485 g/mol. The molecule has 0 saturated heterocycles. The second-order valence-electron chi connectivity index (χ2n) is 8.76. The molecule has 0 radical (unpaired) electrons. The van der Waals surface area contributed by atoms with Gasteiger partial charge >= 0.3 is 51.4 Å². The first-order valence-electron chi connectivity index (χ1n) is 12.8. The zero-order valence-electron chi connectivity index (χ0n) is 20.9. The van der Waals surface area contributed by atoms with E-state index in [2.05, 4.69) is 30.2 Å². The van der Waals surface area contributed by atoms with Crippen molar-refractivity contribution in [3.8, 4) is 0 Å². The monoisotopic (exact) mass is 484 g/mol. The molecule has 1 atom stereocenters. The fourth-order valence-corrected chi connectivity index (χ4v) is 4.15. The van der Waals surface area contributed by atoms with E-state index in [1.54, 1.807) is 0 Å². The predicted molar refractivity (Wildman–Crippen MR) is 127 cm³/mol. The molecule has 0 aromatic rings. The normalized spacial score (nSPS) is 12.9. The van der Waals surface area contributed by atoms with Crippen molar-refractivity contribution < 1.29 is 68.5 Å². The largest absolute Gasteiger partial charge is 1.00 e. The second-order valence-corrected chi connectivity index (χ2v) is 9.81. The molecule has 0 aromatic heterocycles. The van der Waals surface area contributed by atoms with Crippen molar-refractivity contribution in [1.82, 2.24) is 0 Å². The molecule has 4 nitrogen and oxygen atoms in total. The first-order valence-corrected chi connectivity index (χ1v) is 14.1. The molecule has 180 valence electrons. The van der Waals surface area contributed by atoms with Gasteiger partial charge in [-0.05, 0) is 19.3 Å². The van der Waals surface area contributed by atoms with E-state index in [1.807, 2.05) is 0 Å². The molecular weight excluding hydrogens is 435 g/mol. The number of hydrogen-bond acceptors (Lipinski definition) is 4. The molecule has 31 heavy (non-hydrogen) atoms. The van der Waals surface area contributed by atoms with Crippen LogP contribution in [0.15, 0.2) is 12.2 Å². The van der Waals surface area contributed by atoms with Crippen LogP contribution in [0.3, 0.4) is 0 Å². The number of unbranched alkanes of at least 4 members (excludes halogenated alkanes) is 16. The van der Waals surface area contributed by atoms with Gasteiger partial charge in [-0.1, -0.05) is 129 Å². The molecule has 1 unspecified atom stereocenters. The minimum Gasteiger partial charge on any atom is -0.726 e. The molecule has 0 aliphatic heterocycles. The smallest absolute Gasteiger partial charge is 0.726 e. The summed E-state index contributed by atoms with van der Waals surface area (Å²) in [6.45, 7) is 4.46.